The molecule has 19 heavy (non-hydrogen) atoms. The number of amides is 1. The number of nitrogens with two attached hydrogens (primary N) is 1. The lowest BCUT2D eigenvalue weighted by molar-refractivity contribution is -0.133. The largest absolute Gasteiger partial charge is 0.484 e. The minimum atomic E-state index is -0.0984. The molecule has 1 aromatic carbocycles. The summed E-state index contributed by atoms with van der Waals surface area (Å²) in [6.45, 7) is 2.99. The third-order valence-corrected chi connectivity index (χ3v) is 2.96. The maximum absolute atomic E-state index is 11.9. The summed E-state index contributed by atoms with van der Waals surface area (Å²) in [5.41, 5.74) is 5.42. The molecule has 0 spiro atoms. The number of hydrogen-bond acceptors (Lipinski definition) is 3. The predicted octanol–water partition coefficient (Wildman–Crippen LogP) is 2.24. The van der Waals surface area contributed by atoms with Gasteiger partial charge in [0.2, 0.25) is 0 Å². The quantitative estimate of drug-likeness (QED) is 0.785. The van der Waals surface area contributed by atoms with E-state index < -0.39 is 0 Å². The van der Waals surface area contributed by atoms with Crippen molar-refractivity contribution in [2.24, 2.45) is 5.73 Å². The van der Waals surface area contributed by atoms with Crippen molar-refractivity contribution in [3.63, 3.8) is 0 Å². The van der Waals surface area contributed by atoms with Crippen LogP contribution in [0.5, 0.6) is 5.75 Å². The molecule has 0 saturated carbocycles. The second kappa shape index (κ2) is 7.96. The van der Waals surface area contributed by atoms with E-state index in [0.717, 1.165) is 0 Å². The Bertz CT molecular complexity index is 454. The van der Waals surface area contributed by atoms with Crippen LogP contribution in [0.15, 0.2) is 24.3 Å². The average molecular weight is 301 g/mol. The second-order valence-corrected chi connectivity index (χ2v) is 4.90. The lowest BCUT2D eigenvalue weighted by atomic mass is 10.3. The summed E-state index contributed by atoms with van der Waals surface area (Å²) in [6.07, 6.45) is 0.520. The predicted molar refractivity (Wildman–Crippen MR) is 80.6 cm³/mol. The molecule has 1 aromatic rings. The molecule has 0 fully saturated rings. The van der Waals surface area contributed by atoms with Gasteiger partial charge in [-0.05, 0) is 25.1 Å². The topological polar surface area (TPSA) is 55.6 Å². The van der Waals surface area contributed by atoms with E-state index >= 15 is 0 Å². The summed E-state index contributed by atoms with van der Waals surface area (Å²) in [5, 5.41) is 0.575. The third kappa shape index (κ3) is 5.89. The van der Waals surface area contributed by atoms with E-state index in [0.29, 0.717) is 35.3 Å². The van der Waals surface area contributed by atoms with Gasteiger partial charge in [-0.25, -0.2) is 0 Å². The summed E-state index contributed by atoms with van der Waals surface area (Å²) < 4.78 is 5.40. The first kappa shape index (κ1) is 15.7. The Morgan fingerprint density at radius 3 is 2.84 bits per heavy atom. The van der Waals surface area contributed by atoms with Gasteiger partial charge in [-0.1, -0.05) is 29.9 Å². The number of carbonyl (C=O) groups excluding carboxylic acids is 1. The van der Waals surface area contributed by atoms with Crippen LogP contribution in [0.25, 0.3) is 0 Å². The first-order valence-corrected chi connectivity index (χ1v) is 6.76. The third-order valence-electron chi connectivity index (χ3n) is 2.52. The molecule has 0 unspecified atom stereocenters. The minimum absolute atomic E-state index is 0.0223. The van der Waals surface area contributed by atoms with Gasteiger partial charge in [-0.2, -0.15) is 0 Å². The lowest BCUT2D eigenvalue weighted by Gasteiger charge is -2.20. The lowest BCUT2D eigenvalue weighted by Crippen LogP contribution is -2.36. The molecule has 2 N–H and O–H groups in total. The smallest absolute Gasteiger partial charge is 0.260 e. The first-order valence-electron chi connectivity index (χ1n) is 5.97. The van der Waals surface area contributed by atoms with Gasteiger partial charge >= 0.3 is 0 Å². The summed E-state index contributed by atoms with van der Waals surface area (Å²) in [7, 11) is 0. The van der Waals surface area contributed by atoms with E-state index in [2.05, 4.69) is 0 Å². The van der Waals surface area contributed by atoms with Gasteiger partial charge in [0.25, 0.3) is 5.91 Å². The molecular weight excluding hydrogens is 284 g/mol. The molecule has 0 atom stereocenters. The number of ether oxygens (including phenoxy) is 1. The van der Waals surface area contributed by atoms with Crippen LogP contribution in [0.3, 0.4) is 0 Å². The molecule has 0 aliphatic rings. The number of halogens is 1. The zero-order chi connectivity index (χ0) is 14.3. The fourth-order valence-electron chi connectivity index (χ4n) is 1.50. The van der Waals surface area contributed by atoms with E-state index in [1.165, 1.54) is 0 Å². The van der Waals surface area contributed by atoms with Gasteiger partial charge < -0.3 is 15.4 Å². The normalized spacial score (nSPS) is 10.0. The van der Waals surface area contributed by atoms with Crippen LogP contribution in [0.4, 0.5) is 0 Å². The van der Waals surface area contributed by atoms with Crippen molar-refractivity contribution in [1.82, 2.24) is 4.90 Å². The highest BCUT2D eigenvalue weighted by atomic mass is 35.5. The number of hydrogen-bond donors (Lipinski definition) is 1. The van der Waals surface area contributed by atoms with Crippen molar-refractivity contribution in [2.75, 3.05) is 19.7 Å². The van der Waals surface area contributed by atoms with Crippen molar-refractivity contribution >= 4 is 34.7 Å². The Kier molecular flexibility index (Phi) is 6.59. The van der Waals surface area contributed by atoms with Crippen LogP contribution >= 0.6 is 23.8 Å². The van der Waals surface area contributed by atoms with Crippen LogP contribution in [0.2, 0.25) is 5.02 Å². The van der Waals surface area contributed by atoms with Crippen molar-refractivity contribution in [3.8, 4) is 5.75 Å². The molecule has 0 aliphatic heterocycles. The standard InChI is InChI=1S/C13H17ClN2O2S/c1-2-16(7-6-12(15)19)13(17)9-18-11-5-3-4-10(14)8-11/h3-5,8H,2,6-7,9H2,1H3,(H2,15,19). The highest BCUT2D eigenvalue weighted by Crippen LogP contribution is 2.17. The molecule has 0 saturated heterocycles. The number of likely N-dealkylation sites (N-methyl/N-ethyl adjacent to an activating group) is 1. The van der Waals surface area contributed by atoms with Crippen molar-refractivity contribution < 1.29 is 9.53 Å². The summed E-state index contributed by atoms with van der Waals surface area (Å²) in [5.74, 6) is 0.477. The van der Waals surface area contributed by atoms with Gasteiger partial charge in [-0.15, -0.1) is 0 Å². The van der Waals surface area contributed by atoms with E-state index in [4.69, 9.17) is 34.3 Å². The number of nitrogens with zero attached hydrogens (tertiary/aromatic N) is 1. The van der Waals surface area contributed by atoms with Gasteiger partial charge in [-0.3, -0.25) is 4.79 Å². The van der Waals surface area contributed by atoms with E-state index in [1.807, 2.05) is 6.92 Å². The average Bonchev–Trinajstić information content (AvgIpc) is 2.37. The molecule has 0 bridgehead atoms. The number of benzene rings is 1. The first-order chi connectivity index (χ1) is 9.02. The van der Waals surface area contributed by atoms with Crippen LogP contribution in [0, 0.1) is 0 Å². The fraction of sp³-hybridized carbons (Fsp3) is 0.385. The Hall–Kier alpha value is -1.33. The maximum atomic E-state index is 11.9. The molecule has 1 amide bonds. The summed E-state index contributed by atoms with van der Waals surface area (Å²) in [4.78, 5) is 14.0. The van der Waals surface area contributed by atoms with E-state index in [9.17, 15) is 4.79 Å². The summed E-state index contributed by atoms with van der Waals surface area (Å²) >= 11 is 10.6. The Labute approximate surface area is 123 Å². The molecule has 0 aliphatic carbocycles. The van der Waals surface area contributed by atoms with Crippen molar-refractivity contribution in [3.05, 3.63) is 29.3 Å². The van der Waals surface area contributed by atoms with Crippen molar-refractivity contribution in [2.45, 2.75) is 13.3 Å². The molecule has 0 heterocycles. The molecule has 4 nitrogen and oxygen atoms in total. The van der Waals surface area contributed by atoms with Crippen LogP contribution in [0.1, 0.15) is 13.3 Å². The molecule has 6 heteroatoms. The van der Waals surface area contributed by atoms with Gasteiger partial charge in [0.1, 0.15) is 5.75 Å². The van der Waals surface area contributed by atoms with Crippen molar-refractivity contribution in [1.29, 1.82) is 0 Å². The fourth-order valence-corrected chi connectivity index (χ4v) is 1.77. The molecule has 0 radical (unpaired) electrons. The maximum Gasteiger partial charge on any atom is 0.260 e. The SMILES string of the molecule is CCN(CCC(N)=S)C(=O)COc1cccc(Cl)c1. The molecule has 1 rings (SSSR count). The highest BCUT2D eigenvalue weighted by Gasteiger charge is 2.12. The van der Waals surface area contributed by atoms with Gasteiger partial charge in [0.15, 0.2) is 6.61 Å². The molecular formula is C13H17ClN2O2S. The van der Waals surface area contributed by atoms with E-state index in [1.54, 1.807) is 29.2 Å². The van der Waals surface area contributed by atoms with Gasteiger partial charge in [0, 0.05) is 24.5 Å². The van der Waals surface area contributed by atoms with E-state index in [-0.39, 0.29) is 12.5 Å². The molecule has 104 valence electrons. The zero-order valence-electron chi connectivity index (χ0n) is 10.8. The minimum Gasteiger partial charge on any atom is -0.484 e. The Morgan fingerprint density at radius 2 is 2.26 bits per heavy atom. The zero-order valence-corrected chi connectivity index (χ0v) is 12.3. The monoisotopic (exact) mass is 300 g/mol. The number of carbonyl (C=O) groups is 1. The number of rotatable bonds is 7. The summed E-state index contributed by atoms with van der Waals surface area (Å²) in [6, 6.07) is 6.94. The molecule has 0 aromatic heterocycles. The van der Waals surface area contributed by atoms with Gasteiger partial charge in [0.05, 0.1) is 4.99 Å². The Morgan fingerprint density at radius 1 is 1.53 bits per heavy atom. The highest BCUT2D eigenvalue weighted by molar-refractivity contribution is 7.80. The van der Waals surface area contributed by atoms with Crippen LogP contribution in [-0.2, 0) is 4.79 Å². The second-order valence-electron chi connectivity index (χ2n) is 3.94. The number of thiocarbonyl (C=S) groups is 1. The van der Waals surface area contributed by atoms with Crippen LogP contribution in [-0.4, -0.2) is 35.5 Å². The Balaban J connectivity index is 2.46. The van der Waals surface area contributed by atoms with Crippen LogP contribution < -0.4 is 10.5 Å².